The van der Waals surface area contributed by atoms with Crippen LogP contribution in [-0.2, 0) is 0 Å². The van der Waals surface area contributed by atoms with Crippen LogP contribution in [0.15, 0.2) is 6.20 Å². The summed E-state index contributed by atoms with van der Waals surface area (Å²) < 4.78 is 0. The number of anilines is 2. The Bertz CT molecular complexity index is 436. The summed E-state index contributed by atoms with van der Waals surface area (Å²) in [6.45, 7) is 10.1. The molecule has 0 aliphatic carbocycles. The fourth-order valence-corrected chi connectivity index (χ4v) is 1.78. The van der Waals surface area contributed by atoms with Crippen molar-refractivity contribution in [1.82, 2.24) is 9.97 Å². The van der Waals surface area contributed by atoms with Gasteiger partial charge in [0.25, 0.3) is 0 Å². The van der Waals surface area contributed by atoms with Crippen LogP contribution in [0.3, 0.4) is 0 Å². The van der Waals surface area contributed by atoms with Crippen LogP contribution in [0.2, 0.25) is 0 Å². The lowest BCUT2D eigenvalue weighted by Crippen LogP contribution is -2.29. The minimum absolute atomic E-state index is 0.0517. The maximum Gasteiger partial charge on any atom is 0.329 e. The fourth-order valence-electron chi connectivity index (χ4n) is 1.78. The molecule has 7 heteroatoms. The maximum atomic E-state index is 11.1. The second-order valence-electron chi connectivity index (χ2n) is 4.62. The molecule has 0 spiro atoms. The summed E-state index contributed by atoms with van der Waals surface area (Å²) in [4.78, 5) is 20.8. The molecule has 1 heterocycles. The van der Waals surface area contributed by atoms with Crippen molar-refractivity contribution in [3.63, 3.8) is 0 Å². The number of nitrogens with zero attached hydrogens (tertiary/aromatic N) is 4. The van der Waals surface area contributed by atoms with Gasteiger partial charge in [-0.15, -0.1) is 0 Å². The molecular formula is C12H21N5O2. The third-order valence-corrected chi connectivity index (χ3v) is 2.55. The van der Waals surface area contributed by atoms with Gasteiger partial charge >= 0.3 is 5.69 Å². The first-order valence-electron chi connectivity index (χ1n) is 6.49. The molecular weight excluding hydrogens is 246 g/mol. The Hall–Kier alpha value is -1.92. The van der Waals surface area contributed by atoms with Crippen LogP contribution in [0, 0.1) is 16.0 Å². The quantitative estimate of drug-likeness (QED) is 0.602. The Labute approximate surface area is 113 Å². The van der Waals surface area contributed by atoms with E-state index in [1.54, 1.807) is 0 Å². The molecule has 1 rings (SSSR count). The highest BCUT2D eigenvalue weighted by Gasteiger charge is 2.22. The van der Waals surface area contributed by atoms with Gasteiger partial charge in [0.1, 0.15) is 6.20 Å². The third kappa shape index (κ3) is 4.04. The molecule has 106 valence electrons. The Morgan fingerprint density at radius 1 is 1.47 bits per heavy atom. The monoisotopic (exact) mass is 267 g/mol. The van der Waals surface area contributed by atoms with Crippen molar-refractivity contribution in [2.45, 2.75) is 27.7 Å². The third-order valence-electron chi connectivity index (χ3n) is 2.55. The van der Waals surface area contributed by atoms with Crippen molar-refractivity contribution in [3.8, 4) is 0 Å². The zero-order valence-electron chi connectivity index (χ0n) is 11.9. The lowest BCUT2D eigenvalue weighted by molar-refractivity contribution is -0.384. The largest absolute Gasteiger partial charge is 0.354 e. The van der Waals surface area contributed by atoms with Gasteiger partial charge in [-0.2, -0.15) is 4.98 Å². The van der Waals surface area contributed by atoms with E-state index in [1.165, 1.54) is 6.20 Å². The zero-order chi connectivity index (χ0) is 14.4. The molecule has 7 nitrogen and oxygen atoms in total. The van der Waals surface area contributed by atoms with Crippen LogP contribution in [0.5, 0.6) is 0 Å². The minimum atomic E-state index is -0.436. The average Bonchev–Trinajstić information content (AvgIpc) is 2.35. The smallest absolute Gasteiger partial charge is 0.329 e. The van der Waals surface area contributed by atoms with E-state index < -0.39 is 4.92 Å². The summed E-state index contributed by atoms with van der Waals surface area (Å²) in [6, 6.07) is 0. The summed E-state index contributed by atoms with van der Waals surface area (Å²) in [6.07, 6.45) is 1.27. The van der Waals surface area contributed by atoms with Gasteiger partial charge in [-0.1, -0.05) is 13.8 Å². The van der Waals surface area contributed by atoms with Gasteiger partial charge in [0, 0.05) is 19.6 Å². The maximum absolute atomic E-state index is 11.1. The SMILES string of the molecule is CCNc1ncc([N+](=O)[O-])c(N(CC)CC(C)C)n1. The summed E-state index contributed by atoms with van der Waals surface area (Å²) in [7, 11) is 0. The molecule has 19 heavy (non-hydrogen) atoms. The molecule has 0 amide bonds. The standard InChI is InChI=1S/C12H21N5O2/c1-5-13-12-14-7-10(17(18)19)11(15-12)16(6-2)8-9(3)4/h7,9H,5-6,8H2,1-4H3,(H,13,14,15). The molecule has 0 unspecified atom stereocenters. The Balaban J connectivity index is 3.17. The van der Waals surface area contributed by atoms with Crippen LogP contribution in [0.4, 0.5) is 17.5 Å². The highest BCUT2D eigenvalue weighted by molar-refractivity contribution is 5.58. The van der Waals surface area contributed by atoms with Crippen LogP contribution < -0.4 is 10.2 Å². The van der Waals surface area contributed by atoms with Crippen molar-refractivity contribution >= 4 is 17.5 Å². The predicted octanol–water partition coefficient (Wildman–Crippen LogP) is 2.30. The molecule has 0 radical (unpaired) electrons. The number of nitro groups is 1. The molecule has 0 fully saturated rings. The van der Waals surface area contributed by atoms with Gasteiger partial charge < -0.3 is 10.2 Å². The molecule has 1 aromatic rings. The van der Waals surface area contributed by atoms with E-state index >= 15 is 0 Å². The fraction of sp³-hybridized carbons (Fsp3) is 0.667. The van der Waals surface area contributed by atoms with Crippen molar-refractivity contribution in [2.24, 2.45) is 5.92 Å². The van der Waals surface area contributed by atoms with E-state index in [0.717, 1.165) is 6.54 Å². The topological polar surface area (TPSA) is 84.2 Å². The number of rotatable bonds is 7. The van der Waals surface area contributed by atoms with Crippen LogP contribution in [0.1, 0.15) is 27.7 Å². The van der Waals surface area contributed by atoms with E-state index in [1.807, 2.05) is 18.7 Å². The summed E-state index contributed by atoms with van der Waals surface area (Å²) >= 11 is 0. The predicted molar refractivity (Wildman–Crippen MR) is 75.6 cm³/mol. The van der Waals surface area contributed by atoms with Gasteiger partial charge in [0.2, 0.25) is 11.8 Å². The van der Waals surface area contributed by atoms with E-state index in [-0.39, 0.29) is 5.69 Å². The molecule has 0 bridgehead atoms. The lowest BCUT2D eigenvalue weighted by Gasteiger charge is -2.23. The first kappa shape index (κ1) is 15.1. The van der Waals surface area contributed by atoms with Crippen LogP contribution in [0.25, 0.3) is 0 Å². The van der Waals surface area contributed by atoms with Gasteiger partial charge in [-0.25, -0.2) is 4.98 Å². The number of hydrogen-bond donors (Lipinski definition) is 1. The molecule has 1 aromatic heterocycles. The molecule has 0 aliphatic heterocycles. The summed E-state index contributed by atoms with van der Waals surface area (Å²) in [5, 5.41) is 14.1. The molecule has 1 N–H and O–H groups in total. The van der Waals surface area contributed by atoms with Crippen molar-refractivity contribution in [2.75, 3.05) is 29.9 Å². The molecule has 0 saturated heterocycles. The molecule has 0 atom stereocenters. The van der Waals surface area contributed by atoms with E-state index in [9.17, 15) is 10.1 Å². The van der Waals surface area contributed by atoms with Gasteiger partial charge in [0.05, 0.1) is 4.92 Å². The zero-order valence-corrected chi connectivity index (χ0v) is 11.9. The van der Waals surface area contributed by atoms with Gasteiger partial charge in [-0.3, -0.25) is 10.1 Å². The Morgan fingerprint density at radius 2 is 2.16 bits per heavy atom. The van der Waals surface area contributed by atoms with Crippen molar-refractivity contribution in [1.29, 1.82) is 0 Å². The Morgan fingerprint density at radius 3 is 2.63 bits per heavy atom. The van der Waals surface area contributed by atoms with Crippen molar-refractivity contribution in [3.05, 3.63) is 16.3 Å². The van der Waals surface area contributed by atoms with Crippen LogP contribution >= 0.6 is 0 Å². The summed E-state index contributed by atoms with van der Waals surface area (Å²) in [5.74, 6) is 1.20. The van der Waals surface area contributed by atoms with E-state index in [2.05, 4.69) is 29.1 Å². The van der Waals surface area contributed by atoms with Gasteiger partial charge in [0.15, 0.2) is 0 Å². The van der Waals surface area contributed by atoms with Gasteiger partial charge in [-0.05, 0) is 19.8 Å². The number of hydrogen-bond acceptors (Lipinski definition) is 6. The highest BCUT2D eigenvalue weighted by Crippen LogP contribution is 2.26. The highest BCUT2D eigenvalue weighted by atomic mass is 16.6. The van der Waals surface area contributed by atoms with E-state index in [4.69, 9.17) is 0 Å². The first-order valence-corrected chi connectivity index (χ1v) is 6.49. The lowest BCUT2D eigenvalue weighted by atomic mass is 10.2. The number of nitrogens with one attached hydrogen (secondary N) is 1. The number of aromatic nitrogens is 2. The average molecular weight is 267 g/mol. The minimum Gasteiger partial charge on any atom is -0.354 e. The summed E-state index contributed by atoms with van der Waals surface area (Å²) in [5.41, 5.74) is -0.0517. The molecule has 0 saturated carbocycles. The van der Waals surface area contributed by atoms with E-state index in [0.29, 0.717) is 30.8 Å². The second-order valence-corrected chi connectivity index (χ2v) is 4.62. The van der Waals surface area contributed by atoms with Crippen LogP contribution in [-0.4, -0.2) is 34.5 Å². The molecule has 0 aromatic carbocycles. The normalized spacial score (nSPS) is 10.6. The Kier molecular flexibility index (Phi) is 5.47. The molecule has 0 aliphatic rings. The first-order chi connectivity index (χ1) is 8.99. The van der Waals surface area contributed by atoms with Crippen molar-refractivity contribution < 1.29 is 4.92 Å². The second kappa shape index (κ2) is 6.86.